The van der Waals surface area contributed by atoms with E-state index < -0.39 is 4.92 Å². The van der Waals surface area contributed by atoms with Crippen molar-refractivity contribution in [3.63, 3.8) is 0 Å². The van der Waals surface area contributed by atoms with Gasteiger partial charge in [-0.05, 0) is 43.5 Å². The zero-order valence-corrected chi connectivity index (χ0v) is 19.9. The maximum absolute atomic E-state index is 12.0. The third kappa shape index (κ3) is 11.6. The van der Waals surface area contributed by atoms with E-state index in [1.807, 2.05) is 24.3 Å². The van der Waals surface area contributed by atoms with E-state index in [1.54, 1.807) is 12.1 Å². The summed E-state index contributed by atoms with van der Waals surface area (Å²) in [5.74, 6) is -0.0408. The molecule has 0 spiro atoms. The third-order valence-corrected chi connectivity index (χ3v) is 5.64. The quantitative estimate of drug-likeness (QED) is 0.157. The highest BCUT2D eigenvalue weighted by Gasteiger charge is 2.08. The lowest BCUT2D eigenvalue weighted by Crippen LogP contribution is -2.11. The van der Waals surface area contributed by atoms with Crippen molar-refractivity contribution in [1.82, 2.24) is 0 Å². The summed E-state index contributed by atoms with van der Waals surface area (Å²) in [6.07, 6.45) is 11.8. The average molecular weight is 467 g/mol. The van der Waals surface area contributed by atoms with Gasteiger partial charge >= 0.3 is 0 Å². The van der Waals surface area contributed by atoms with Crippen molar-refractivity contribution in [2.75, 3.05) is 10.6 Å². The fourth-order valence-electron chi connectivity index (χ4n) is 3.72. The number of nitrogens with zero attached hydrogens (tertiary/aromatic N) is 1. The molecule has 34 heavy (non-hydrogen) atoms. The molecule has 0 saturated heterocycles. The van der Waals surface area contributed by atoms with Crippen LogP contribution in [0.1, 0.15) is 82.6 Å². The van der Waals surface area contributed by atoms with Crippen LogP contribution in [0.25, 0.3) is 0 Å². The maximum Gasteiger partial charge on any atom is 0.271 e. The number of unbranched alkanes of at least 4 members (excludes halogenated alkanes) is 9. The van der Waals surface area contributed by atoms with Crippen LogP contribution in [0.4, 0.5) is 17.1 Å². The summed E-state index contributed by atoms with van der Waals surface area (Å²) < 4.78 is 0. The Hall–Kier alpha value is -3.22. The maximum atomic E-state index is 12.0. The highest BCUT2D eigenvalue weighted by Crippen LogP contribution is 2.18. The van der Waals surface area contributed by atoms with Gasteiger partial charge in [0.2, 0.25) is 11.8 Å². The number of carbonyl (C=O) groups excluding carboxylic acids is 2. The number of rotatable bonds is 16. The predicted octanol–water partition coefficient (Wildman–Crippen LogP) is 7.04. The number of amides is 2. The number of hydrogen-bond donors (Lipinski definition) is 2. The summed E-state index contributed by atoms with van der Waals surface area (Å²) >= 11 is 0. The summed E-state index contributed by atoms with van der Waals surface area (Å²) in [6, 6.07) is 13.5. The van der Waals surface area contributed by atoms with Crippen LogP contribution >= 0.6 is 0 Å². The van der Waals surface area contributed by atoms with Crippen molar-refractivity contribution in [1.29, 1.82) is 0 Å². The van der Waals surface area contributed by atoms with Crippen LogP contribution in [0, 0.1) is 17.0 Å². The molecular weight excluding hydrogens is 430 g/mol. The Bertz CT molecular complexity index is 912. The number of hydrogen-bond acceptors (Lipinski definition) is 4. The van der Waals surface area contributed by atoms with Crippen molar-refractivity contribution < 1.29 is 14.5 Å². The SMILES string of the molecule is [CH2]c1ccc(NC(=O)CCCCCCCCCCCCC(=O)Nc2cccc([N+](=O)[O-])c2)cc1. The number of carbonyl (C=O) groups is 2. The molecule has 0 aliphatic rings. The van der Waals surface area contributed by atoms with Gasteiger partial charge in [-0.2, -0.15) is 0 Å². The molecule has 0 aromatic heterocycles. The van der Waals surface area contributed by atoms with Gasteiger partial charge in [0.25, 0.3) is 5.69 Å². The van der Waals surface area contributed by atoms with E-state index in [2.05, 4.69) is 17.6 Å². The van der Waals surface area contributed by atoms with Gasteiger partial charge in [0.1, 0.15) is 0 Å². The summed E-state index contributed by atoms with van der Waals surface area (Å²) in [5.41, 5.74) is 2.18. The standard InChI is InChI=1S/C27H36N3O4/c1-22-17-19-23(20-18-22)28-26(31)15-10-8-6-4-2-3-5-7-9-11-16-27(32)29-24-13-12-14-25(21-24)30(33)34/h12-14,17-21H,1-11,15-16H2,(H,28,31)(H,29,32). The molecule has 2 N–H and O–H groups in total. The van der Waals surface area contributed by atoms with E-state index in [0.717, 1.165) is 49.8 Å². The molecule has 0 heterocycles. The smallest absolute Gasteiger partial charge is 0.271 e. The molecule has 1 radical (unpaired) electrons. The number of benzene rings is 2. The van der Waals surface area contributed by atoms with Crippen LogP contribution in [-0.2, 0) is 9.59 Å². The van der Waals surface area contributed by atoms with Gasteiger partial charge in [0.15, 0.2) is 0 Å². The second-order valence-electron chi connectivity index (χ2n) is 8.64. The van der Waals surface area contributed by atoms with E-state index >= 15 is 0 Å². The van der Waals surface area contributed by atoms with Crippen LogP contribution in [0.15, 0.2) is 48.5 Å². The van der Waals surface area contributed by atoms with Crippen LogP contribution < -0.4 is 10.6 Å². The van der Waals surface area contributed by atoms with Gasteiger partial charge in [0.05, 0.1) is 4.92 Å². The van der Waals surface area contributed by atoms with Crippen molar-refractivity contribution >= 4 is 28.9 Å². The zero-order valence-electron chi connectivity index (χ0n) is 19.9. The molecule has 0 atom stereocenters. The van der Waals surface area contributed by atoms with Crippen molar-refractivity contribution in [3.8, 4) is 0 Å². The van der Waals surface area contributed by atoms with E-state index in [0.29, 0.717) is 18.5 Å². The summed E-state index contributed by atoms with van der Waals surface area (Å²) in [4.78, 5) is 34.3. The zero-order chi connectivity index (χ0) is 24.6. The molecule has 7 nitrogen and oxygen atoms in total. The molecule has 2 rings (SSSR count). The molecule has 0 aliphatic carbocycles. The molecule has 2 aromatic carbocycles. The number of anilines is 2. The summed E-state index contributed by atoms with van der Waals surface area (Å²) in [7, 11) is 0. The Balaban J connectivity index is 1.39. The molecule has 183 valence electrons. The van der Waals surface area contributed by atoms with E-state index in [9.17, 15) is 19.7 Å². The van der Waals surface area contributed by atoms with Crippen molar-refractivity contribution in [2.45, 2.75) is 77.0 Å². The molecule has 2 amide bonds. The fraction of sp³-hybridized carbons (Fsp3) is 0.444. The van der Waals surface area contributed by atoms with Crippen LogP contribution in [-0.4, -0.2) is 16.7 Å². The topological polar surface area (TPSA) is 101 Å². The first-order valence-electron chi connectivity index (χ1n) is 12.2. The second kappa shape index (κ2) is 15.6. The number of nitro benzene ring substituents is 1. The first-order valence-corrected chi connectivity index (χ1v) is 12.2. The summed E-state index contributed by atoms with van der Waals surface area (Å²) in [6.45, 7) is 3.83. The normalized spacial score (nSPS) is 10.6. The van der Waals surface area contributed by atoms with Crippen LogP contribution in [0.3, 0.4) is 0 Å². The lowest BCUT2D eigenvalue weighted by molar-refractivity contribution is -0.384. The molecular formula is C27H36N3O4. The largest absolute Gasteiger partial charge is 0.326 e. The third-order valence-electron chi connectivity index (χ3n) is 5.64. The minimum atomic E-state index is -0.472. The molecule has 2 aromatic rings. The Kier molecular flexibility index (Phi) is 12.4. The highest BCUT2D eigenvalue weighted by molar-refractivity contribution is 5.91. The lowest BCUT2D eigenvalue weighted by atomic mass is 10.0. The number of nitro groups is 1. The Morgan fingerprint density at radius 3 is 1.68 bits per heavy atom. The molecule has 0 fully saturated rings. The first-order chi connectivity index (χ1) is 16.4. The first kappa shape index (κ1) is 27.0. The molecule has 0 aliphatic heterocycles. The second-order valence-corrected chi connectivity index (χ2v) is 8.64. The van der Waals surface area contributed by atoms with Gasteiger partial charge in [-0.1, -0.05) is 69.6 Å². The number of non-ortho nitro benzene ring substituents is 1. The van der Waals surface area contributed by atoms with E-state index in [1.165, 1.54) is 37.8 Å². The predicted molar refractivity (Wildman–Crippen MR) is 137 cm³/mol. The van der Waals surface area contributed by atoms with Gasteiger partial charge in [0, 0.05) is 36.3 Å². The Labute approximate surface area is 202 Å². The summed E-state index contributed by atoms with van der Waals surface area (Å²) in [5, 5.41) is 16.4. The fourth-order valence-corrected chi connectivity index (χ4v) is 3.72. The number of nitrogens with one attached hydrogen (secondary N) is 2. The minimum absolute atomic E-state index is 0.0282. The molecule has 0 bridgehead atoms. The van der Waals surface area contributed by atoms with E-state index in [-0.39, 0.29) is 17.5 Å². The van der Waals surface area contributed by atoms with Crippen molar-refractivity contribution in [2.24, 2.45) is 0 Å². The van der Waals surface area contributed by atoms with Gasteiger partial charge in [-0.25, -0.2) is 0 Å². The molecule has 0 saturated carbocycles. The van der Waals surface area contributed by atoms with Gasteiger partial charge in [-0.15, -0.1) is 0 Å². The Morgan fingerprint density at radius 2 is 1.18 bits per heavy atom. The van der Waals surface area contributed by atoms with Crippen molar-refractivity contribution in [3.05, 3.63) is 71.1 Å². The monoisotopic (exact) mass is 466 g/mol. The van der Waals surface area contributed by atoms with E-state index in [4.69, 9.17) is 0 Å². The van der Waals surface area contributed by atoms with Gasteiger partial charge < -0.3 is 10.6 Å². The van der Waals surface area contributed by atoms with Gasteiger partial charge in [-0.3, -0.25) is 19.7 Å². The average Bonchev–Trinajstić information content (AvgIpc) is 2.81. The molecule has 7 heteroatoms. The molecule has 0 unspecified atom stereocenters. The van der Waals surface area contributed by atoms with Crippen LogP contribution in [0.5, 0.6) is 0 Å². The van der Waals surface area contributed by atoms with Crippen LogP contribution in [0.2, 0.25) is 0 Å². The lowest BCUT2D eigenvalue weighted by Gasteiger charge is -2.06. The minimum Gasteiger partial charge on any atom is -0.326 e. The highest BCUT2D eigenvalue weighted by atomic mass is 16.6. The Morgan fingerprint density at radius 1 is 0.706 bits per heavy atom.